The molecule has 1 aliphatic carbocycles. The van der Waals surface area contributed by atoms with Crippen molar-refractivity contribution in [1.29, 1.82) is 0 Å². The van der Waals surface area contributed by atoms with Gasteiger partial charge >= 0.3 is 0 Å². The second kappa shape index (κ2) is 7.11. The van der Waals surface area contributed by atoms with Gasteiger partial charge in [-0.1, -0.05) is 31.9 Å². The minimum absolute atomic E-state index is 0.541. The molecule has 1 N–H and O–H groups in total. The lowest BCUT2D eigenvalue weighted by Crippen LogP contribution is -2.15. The smallest absolute Gasteiger partial charge is 0.232 e. The van der Waals surface area contributed by atoms with Gasteiger partial charge in [-0.05, 0) is 36.8 Å². The molecule has 1 heterocycles. The van der Waals surface area contributed by atoms with Gasteiger partial charge < -0.3 is 10.1 Å². The van der Waals surface area contributed by atoms with Crippen LogP contribution in [0.1, 0.15) is 45.1 Å². The second-order valence-electron chi connectivity index (χ2n) is 5.49. The molecule has 0 aromatic carbocycles. The zero-order valence-corrected chi connectivity index (χ0v) is 12.5. The highest BCUT2D eigenvalue weighted by atomic mass is 35.5. The number of hydrogen-bond acceptors (Lipinski definition) is 3. The Kier molecular flexibility index (Phi) is 5.46. The van der Waals surface area contributed by atoms with E-state index in [1.165, 1.54) is 25.7 Å². The van der Waals surface area contributed by atoms with E-state index in [1.807, 2.05) is 12.3 Å². The minimum Gasteiger partial charge on any atom is -0.476 e. The van der Waals surface area contributed by atoms with Crippen LogP contribution in [0.15, 0.2) is 12.3 Å². The lowest BCUT2D eigenvalue weighted by molar-refractivity contribution is 0.243. The van der Waals surface area contributed by atoms with E-state index in [2.05, 4.69) is 24.1 Å². The summed E-state index contributed by atoms with van der Waals surface area (Å²) in [6.07, 6.45) is 6.77. The first-order valence-corrected chi connectivity index (χ1v) is 7.57. The summed E-state index contributed by atoms with van der Waals surface area (Å²) in [6, 6.07) is 2.65. The van der Waals surface area contributed by atoms with E-state index in [1.54, 1.807) is 0 Å². The summed E-state index contributed by atoms with van der Waals surface area (Å²) in [6.45, 7) is 5.89. The van der Waals surface area contributed by atoms with E-state index in [9.17, 15) is 0 Å². The van der Waals surface area contributed by atoms with Crippen LogP contribution in [0, 0.1) is 5.92 Å². The van der Waals surface area contributed by atoms with Gasteiger partial charge in [0, 0.05) is 18.8 Å². The Bertz CT molecular complexity index is 407. The molecule has 0 spiro atoms. The number of aromatic nitrogens is 1. The first-order chi connectivity index (χ1) is 9.19. The number of ether oxygens (including phenoxy) is 1. The summed E-state index contributed by atoms with van der Waals surface area (Å²) in [4.78, 5) is 4.31. The molecule has 0 amide bonds. The molecular formula is C15H23ClN2O. The Labute approximate surface area is 120 Å². The van der Waals surface area contributed by atoms with Gasteiger partial charge in [-0.3, -0.25) is 0 Å². The van der Waals surface area contributed by atoms with E-state index in [0.717, 1.165) is 12.1 Å². The Hall–Kier alpha value is -0.800. The van der Waals surface area contributed by atoms with Gasteiger partial charge in [0.2, 0.25) is 5.88 Å². The molecule has 3 nitrogen and oxygen atoms in total. The van der Waals surface area contributed by atoms with Crippen molar-refractivity contribution >= 4 is 11.6 Å². The molecule has 1 aliphatic rings. The number of nitrogens with one attached hydrogen (secondary N) is 1. The fourth-order valence-electron chi connectivity index (χ4n) is 2.01. The SMILES string of the molecule is CCCC(C)COc1ncc(CNC2CC2)cc1Cl. The Morgan fingerprint density at radius 3 is 2.95 bits per heavy atom. The lowest BCUT2D eigenvalue weighted by atomic mass is 10.1. The Balaban J connectivity index is 1.83. The van der Waals surface area contributed by atoms with Crippen molar-refractivity contribution < 1.29 is 4.74 Å². The molecule has 19 heavy (non-hydrogen) atoms. The predicted octanol–water partition coefficient (Wildman–Crippen LogP) is 3.80. The monoisotopic (exact) mass is 282 g/mol. The molecule has 106 valence electrons. The van der Waals surface area contributed by atoms with Crippen LogP contribution in [0.3, 0.4) is 0 Å². The van der Waals surface area contributed by atoms with Crippen LogP contribution in [0.4, 0.5) is 0 Å². The molecule has 1 aromatic rings. The molecule has 0 aliphatic heterocycles. The molecule has 0 saturated heterocycles. The topological polar surface area (TPSA) is 34.1 Å². The predicted molar refractivity (Wildman–Crippen MR) is 78.7 cm³/mol. The van der Waals surface area contributed by atoms with Crippen LogP contribution in [0.2, 0.25) is 5.02 Å². The summed E-state index contributed by atoms with van der Waals surface area (Å²) in [7, 11) is 0. The van der Waals surface area contributed by atoms with Crippen molar-refractivity contribution in [3.05, 3.63) is 22.8 Å². The summed E-state index contributed by atoms with van der Waals surface area (Å²) in [5.41, 5.74) is 1.12. The number of halogens is 1. The molecular weight excluding hydrogens is 260 g/mol. The third-order valence-electron chi connectivity index (χ3n) is 3.32. The average molecular weight is 283 g/mol. The molecule has 1 atom stereocenters. The Morgan fingerprint density at radius 1 is 1.53 bits per heavy atom. The lowest BCUT2D eigenvalue weighted by Gasteiger charge is -2.13. The van der Waals surface area contributed by atoms with Gasteiger partial charge in [0.15, 0.2) is 0 Å². The summed E-state index contributed by atoms with van der Waals surface area (Å²) < 4.78 is 5.68. The molecule has 1 saturated carbocycles. The van der Waals surface area contributed by atoms with Crippen molar-refractivity contribution in [2.75, 3.05) is 6.61 Å². The van der Waals surface area contributed by atoms with Crippen LogP contribution < -0.4 is 10.1 Å². The van der Waals surface area contributed by atoms with Crippen molar-refractivity contribution in [2.45, 2.75) is 52.1 Å². The van der Waals surface area contributed by atoms with Gasteiger partial charge in [0.05, 0.1) is 6.61 Å². The van der Waals surface area contributed by atoms with Gasteiger partial charge in [-0.15, -0.1) is 0 Å². The van der Waals surface area contributed by atoms with Crippen molar-refractivity contribution in [3.63, 3.8) is 0 Å². The van der Waals surface area contributed by atoms with Crippen LogP contribution >= 0.6 is 11.6 Å². The normalized spacial score (nSPS) is 16.4. The molecule has 0 radical (unpaired) electrons. The van der Waals surface area contributed by atoms with Crippen molar-refractivity contribution in [2.24, 2.45) is 5.92 Å². The highest BCUT2D eigenvalue weighted by Crippen LogP contribution is 2.24. The van der Waals surface area contributed by atoms with Gasteiger partial charge in [0.25, 0.3) is 0 Å². The number of nitrogens with zero attached hydrogens (tertiary/aromatic N) is 1. The zero-order valence-electron chi connectivity index (χ0n) is 11.8. The third-order valence-corrected chi connectivity index (χ3v) is 3.59. The number of rotatable bonds is 8. The first-order valence-electron chi connectivity index (χ1n) is 7.19. The zero-order chi connectivity index (χ0) is 13.7. The fraction of sp³-hybridized carbons (Fsp3) is 0.667. The van der Waals surface area contributed by atoms with E-state index < -0.39 is 0 Å². The van der Waals surface area contributed by atoms with Gasteiger partial charge in [0.1, 0.15) is 5.02 Å². The number of hydrogen-bond donors (Lipinski definition) is 1. The van der Waals surface area contributed by atoms with E-state index in [4.69, 9.17) is 16.3 Å². The largest absolute Gasteiger partial charge is 0.476 e. The number of pyridine rings is 1. The van der Waals surface area contributed by atoms with Crippen LogP contribution in [-0.4, -0.2) is 17.6 Å². The van der Waals surface area contributed by atoms with Crippen molar-refractivity contribution in [3.8, 4) is 5.88 Å². The fourth-order valence-corrected chi connectivity index (χ4v) is 2.26. The minimum atomic E-state index is 0.541. The van der Waals surface area contributed by atoms with Gasteiger partial charge in [-0.2, -0.15) is 0 Å². The molecule has 1 unspecified atom stereocenters. The van der Waals surface area contributed by atoms with E-state index >= 15 is 0 Å². The third kappa shape index (κ3) is 5.00. The average Bonchev–Trinajstić information content (AvgIpc) is 3.19. The summed E-state index contributed by atoms with van der Waals surface area (Å²) in [5, 5.41) is 4.06. The first kappa shape index (κ1) is 14.6. The Morgan fingerprint density at radius 2 is 2.32 bits per heavy atom. The maximum Gasteiger partial charge on any atom is 0.232 e. The van der Waals surface area contributed by atoms with Crippen LogP contribution in [-0.2, 0) is 6.54 Å². The van der Waals surface area contributed by atoms with E-state index in [-0.39, 0.29) is 0 Å². The highest BCUT2D eigenvalue weighted by molar-refractivity contribution is 6.31. The van der Waals surface area contributed by atoms with E-state index in [0.29, 0.717) is 29.5 Å². The summed E-state index contributed by atoms with van der Waals surface area (Å²) in [5.74, 6) is 1.10. The standard InChI is InChI=1S/C15H23ClN2O/c1-3-4-11(2)10-19-15-14(16)7-12(9-18-15)8-17-13-5-6-13/h7,9,11,13,17H,3-6,8,10H2,1-2H3. The molecule has 4 heteroatoms. The molecule has 0 bridgehead atoms. The van der Waals surface area contributed by atoms with Crippen molar-refractivity contribution in [1.82, 2.24) is 10.3 Å². The molecule has 1 aromatic heterocycles. The summed E-state index contributed by atoms with van der Waals surface area (Å²) >= 11 is 6.21. The second-order valence-corrected chi connectivity index (χ2v) is 5.90. The quantitative estimate of drug-likeness (QED) is 0.787. The van der Waals surface area contributed by atoms with Crippen LogP contribution in [0.5, 0.6) is 5.88 Å². The maximum atomic E-state index is 6.21. The molecule has 2 rings (SSSR count). The van der Waals surface area contributed by atoms with Crippen LogP contribution in [0.25, 0.3) is 0 Å². The highest BCUT2D eigenvalue weighted by Gasteiger charge is 2.20. The molecule has 1 fully saturated rings. The maximum absolute atomic E-state index is 6.21. The van der Waals surface area contributed by atoms with Gasteiger partial charge in [-0.25, -0.2) is 4.98 Å².